The Morgan fingerprint density at radius 3 is 2.09 bits per heavy atom. The molecule has 0 amide bonds. The number of aliphatic imine (C=N–C) groups is 2. The van der Waals surface area contributed by atoms with Crippen molar-refractivity contribution in [3.05, 3.63) is 186 Å². The lowest BCUT2D eigenvalue weighted by atomic mass is 9.96. The summed E-state index contributed by atoms with van der Waals surface area (Å²) in [6.07, 6.45) is 8.35. The van der Waals surface area contributed by atoms with Crippen molar-refractivity contribution < 1.29 is 8.83 Å². The van der Waals surface area contributed by atoms with Crippen LogP contribution in [0, 0.1) is 0 Å². The summed E-state index contributed by atoms with van der Waals surface area (Å²) in [5.74, 6) is 1.44. The Morgan fingerprint density at radius 2 is 1.26 bits per heavy atom. The predicted octanol–water partition coefficient (Wildman–Crippen LogP) is 12.5. The number of hydrogen-bond donors (Lipinski definition) is 1. The highest BCUT2D eigenvalue weighted by Gasteiger charge is 2.25. The largest absolute Gasteiger partial charge is 0.456 e. The summed E-state index contributed by atoms with van der Waals surface area (Å²) < 4.78 is 12.8. The first-order valence-electron chi connectivity index (χ1n) is 18.5. The van der Waals surface area contributed by atoms with Gasteiger partial charge in [-0.2, -0.15) is 0 Å². The molecule has 9 aromatic rings. The van der Waals surface area contributed by atoms with Gasteiger partial charge in [-0.15, -0.1) is 0 Å². The molecular weight excluding hydrogens is 663 g/mol. The maximum absolute atomic E-state index is 6.52. The van der Waals surface area contributed by atoms with Gasteiger partial charge in [0, 0.05) is 32.7 Å². The predicted molar refractivity (Wildman–Crippen MR) is 222 cm³/mol. The van der Waals surface area contributed by atoms with Gasteiger partial charge in [-0.25, -0.2) is 9.98 Å². The van der Waals surface area contributed by atoms with Gasteiger partial charge in [-0.1, -0.05) is 127 Å². The quantitative estimate of drug-likeness (QED) is 0.195. The molecule has 54 heavy (non-hydrogen) atoms. The van der Waals surface area contributed by atoms with Gasteiger partial charge >= 0.3 is 0 Å². The van der Waals surface area contributed by atoms with Gasteiger partial charge in [0.2, 0.25) is 0 Å². The molecule has 1 aliphatic carbocycles. The minimum atomic E-state index is -0.348. The summed E-state index contributed by atoms with van der Waals surface area (Å²) in [7, 11) is 0. The highest BCUT2D eigenvalue weighted by Crippen LogP contribution is 2.40. The lowest BCUT2D eigenvalue weighted by Gasteiger charge is -2.24. The highest BCUT2D eigenvalue weighted by atomic mass is 16.3. The van der Waals surface area contributed by atoms with Gasteiger partial charge in [0.1, 0.15) is 34.3 Å². The van der Waals surface area contributed by atoms with E-state index in [1.165, 1.54) is 21.9 Å². The van der Waals surface area contributed by atoms with E-state index in [1.807, 2.05) is 30.3 Å². The Morgan fingerprint density at radius 1 is 0.556 bits per heavy atom. The van der Waals surface area contributed by atoms with Crippen molar-refractivity contribution in [3.8, 4) is 11.1 Å². The van der Waals surface area contributed by atoms with E-state index in [1.54, 1.807) is 0 Å². The van der Waals surface area contributed by atoms with Crippen LogP contribution in [0.1, 0.15) is 41.3 Å². The van der Waals surface area contributed by atoms with E-state index in [-0.39, 0.29) is 6.17 Å². The molecule has 5 nitrogen and oxygen atoms in total. The number of furan rings is 2. The fourth-order valence-corrected chi connectivity index (χ4v) is 8.15. The van der Waals surface area contributed by atoms with Crippen LogP contribution >= 0.6 is 0 Å². The maximum Gasteiger partial charge on any atom is 0.159 e. The number of amidine groups is 2. The molecule has 7 aromatic carbocycles. The third-order valence-electron chi connectivity index (χ3n) is 10.8. The van der Waals surface area contributed by atoms with E-state index in [9.17, 15) is 0 Å². The molecule has 2 aliphatic rings. The van der Waals surface area contributed by atoms with E-state index >= 15 is 0 Å². The molecule has 0 fully saturated rings. The van der Waals surface area contributed by atoms with Crippen LogP contribution in [0.5, 0.6) is 0 Å². The van der Waals surface area contributed by atoms with Gasteiger partial charge in [-0.3, -0.25) is 0 Å². The second kappa shape index (κ2) is 12.3. The fourth-order valence-electron chi connectivity index (χ4n) is 8.15. The molecule has 0 saturated heterocycles. The van der Waals surface area contributed by atoms with Crippen LogP contribution in [0.15, 0.2) is 183 Å². The molecule has 1 N–H and O–H groups in total. The first-order valence-corrected chi connectivity index (χ1v) is 18.5. The fraction of sp³-hybridized carbons (Fsp3) is 0.0612. The van der Waals surface area contributed by atoms with Crippen LogP contribution in [-0.4, -0.2) is 11.7 Å². The van der Waals surface area contributed by atoms with E-state index in [0.717, 1.165) is 90.4 Å². The minimum absolute atomic E-state index is 0.348. The average molecular weight is 696 g/mol. The molecule has 0 bridgehead atoms. The normalized spacial score (nSPS) is 15.9. The van der Waals surface area contributed by atoms with Crippen LogP contribution in [0.4, 0.5) is 0 Å². The van der Waals surface area contributed by atoms with Gasteiger partial charge in [-0.05, 0) is 87.8 Å². The minimum Gasteiger partial charge on any atom is -0.456 e. The van der Waals surface area contributed by atoms with Crippen molar-refractivity contribution in [2.24, 2.45) is 9.98 Å². The van der Waals surface area contributed by atoms with Crippen molar-refractivity contribution in [2.75, 3.05) is 0 Å². The number of fused-ring (bicyclic) bond motifs is 7. The summed E-state index contributed by atoms with van der Waals surface area (Å²) in [4.78, 5) is 10.5. The smallest absolute Gasteiger partial charge is 0.159 e. The molecule has 0 radical (unpaired) electrons. The number of benzene rings is 7. The summed E-state index contributed by atoms with van der Waals surface area (Å²) >= 11 is 0. The summed E-state index contributed by atoms with van der Waals surface area (Å²) in [5, 5.41) is 10.4. The summed E-state index contributed by atoms with van der Waals surface area (Å²) in [6.45, 7) is 0. The maximum atomic E-state index is 6.52. The number of allylic oxidation sites excluding steroid dienone is 4. The second-order valence-electron chi connectivity index (χ2n) is 14.1. The standard InChI is InChI=1S/C49H33N3O2/c1-2-10-30(11-3-1)32-20-23-33(24-21-32)47-50-48(36-25-22-31-12-4-5-13-34(31)28-36)52-49(51-47)39-16-9-19-44-46(39)40-29-35(26-27-42(40)54-44)37-15-8-18-43-45(37)38-14-6-7-17-41(38)53-43/h1-2,4-10,12-29,48H,3,11H2,(H,50,51,52). The zero-order chi connectivity index (χ0) is 35.6. The van der Waals surface area contributed by atoms with Crippen molar-refractivity contribution in [1.29, 1.82) is 0 Å². The zero-order valence-corrected chi connectivity index (χ0v) is 29.3. The Balaban J connectivity index is 1.07. The first-order chi connectivity index (χ1) is 26.7. The first kappa shape index (κ1) is 30.6. The van der Waals surface area contributed by atoms with Crippen LogP contribution < -0.4 is 5.32 Å². The highest BCUT2D eigenvalue weighted by molar-refractivity contribution is 6.22. The molecule has 3 heterocycles. The Kier molecular flexibility index (Phi) is 6.99. The number of nitrogens with one attached hydrogen (secondary N) is 1. The third kappa shape index (κ3) is 5.08. The molecule has 11 rings (SSSR count). The average Bonchev–Trinajstić information content (AvgIpc) is 3.82. The van der Waals surface area contributed by atoms with Gasteiger partial charge in [0.25, 0.3) is 0 Å². The SMILES string of the molecule is C1=CCCC(c2ccc(C3=NC(c4ccc5ccccc5c4)NC(c4cccc5oc6ccc(-c7cccc8oc9ccccc9c78)cc6c45)=N3)cc2)=C1. The topological polar surface area (TPSA) is 63.0 Å². The molecule has 1 atom stereocenters. The monoisotopic (exact) mass is 695 g/mol. The van der Waals surface area contributed by atoms with Crippen LogP contribution in [0.3, 0.4) is 0 Å². The number of para-hydroxylation sites is 1. The molecule has 1 aliphatic heterocycles. The van der Waals surface area contributed by atoms with Crippen molar-refractivity contribution in [2.45, 2.75) is 19.0 Å². The molecule has 2 aromatic heterocycles. The molecule has 5 heteroatoms. The zero-order valence-electron chi connectivity index (χ0n) is 29.3. The Bertz CT molecular complexity index is 3080. The molecule has 1 unspecified atom stereocenters. The number of hydrogen-bond acceptors (Lipinski definition) is 5. The third-order valence-corrected chi connectivity index (χ3v) is 10.8. The van der Waals surface area contributed by atoms with Crippen LogP contribution in [-0.2, 0) is 0 Å². The molecule has 256 valence electrons. The molecule has 0 spiro atoms. The van der Waals surface area contributed by atoms with Crippen molar-refractivity contribution in [3.63, 3.8) is 0 Å². The van der Waals surface area contributed by atoms with Gasteiger partial charge in [0.15, 0.2) is 5.84 Å². The van der Waals surface area contributed by atoms with E-state index in [2.05, 4.69) is 139 Å². The van der Waals surface area contributed by atoms with E-state index in [4.69, 9.17) is 18.8 Å². The van der Waals surface area contributed by atoms with Crippen molar-refractivity contribution >= 4 is 71.9 Å². The van der Waals surface area contributed by atoms with Crippen LogP contribution in [0.2, 0.25) is 0 Å². The number of nitrogens with zero attached hydrogens (tertiary/aromatic N) is 2. The molecular formula is C49H33N3O2. The van der Waals surface area contributed by atoms with E-state index in [0.29, 0.717) is 5.84 Å². The Hall–Kier alpha value is -6.98. The van der Waals surface area contributed by atoms with Gasteiger partial charge < -0.3 is 14.2 Å². The lowest BCUT2D eigenvalue weighted by molar-refractivity contribution is 0.668. The van der Waals surface area contributed by atoms with Crippen LogP contribution in [0.25, 0.3) is 71.3 Å². The number of rotatable bonds is 5. The lowest BCUT2D eigenvalue weighted by Crippen LogP contribution is -2.33. The molecule has 0 saturated carbocycles. The second-order valence-corrected chi connectivity index (χ2v) is 14.1. The van der Waals surface area contributed by atoms with Crippen molar-refractivity contribution in [1.82, 2.24) is 5.32 Å². The van der Waals surface area contributed by atoms with Gasteiger partial charge in [0.05, 0.1) is 0 Å². The summed E-state index contributed by atoms with van der Waals surface area (Å²) in [6, 6.07) is 50.9. The van der Waals surface area contributed by atoms with E-state index < -0.39 is 0 Å². The summed E-state index contributed by atoms with van der Waals surface area (Å²) in [5.41, 5.74) is 11.2. The Labute approximate surface area is 311 Å².